The maximum Gasteiger partial charge on any atom is 0.338 e. The van der Waals surface area contributed by atoms with Crippen LogP contribution in [0.4, 0.5) is 10.3 Å². The van der Waals surface area contributed by atoms with Gasteiger partial charge in [-0.3, -0.25) is 0 Å². The Hall–Kier alpha value is -3.59. The van der Waals surface area contributed by atoms with Gasteiger partial charge in [-0.15, -0.1) is 0 Å². The van der Waals surface area contributed by atoms with Crippen LogP contribution in [0.2, 0.25) is 5.02 Å². The van der Waals surface area contributed by atoms with Gasteiger partial charge in [0.2, 0.25) is 5.95 Å². The van der Waals surface area contributed by atoms with E-state index < -0.39 is 11.9 Å². The van der Waals surface area contributed by atoms with Crippen LogP contribution < -0.4 is 14.8 Å². The fourth-order valence-electron chi connectivity index (χ4n) is 4.96. The molecule has 3 aromatic rings. The number of ether oxygens (including phenoxy) is 3. The Balaban J connectivity index is 1.47. The zero-order valence-electron chi connectivity index (χ0n) is 21.4. The molecule has 38 heavy (non-hydrogen) atoms. The highest BCUT2D eigenvalue weighted by atomic mass is 35.5. The van der Waals surface area contributed by atoms with Crippen molar-refractivity contribution in [3.8, 4) is 11.5 Å². The number of nitrogens with zero attached hydrogens (tertiary/aromatic N) is 3. The summed E-state index contributed by atoms with van der Waals surface area (Å²) in [6, 6.07) is 9.31. The van der Waals surface area contributed by atoms with Crippen molar-refractivity contribution in [2.45, 2.75) is 64.7 Å². The van der Waals surface area contributed by atoms with Crippen LogP contribution in [-0.2, 0) is 16.1 Å². The summed E-state index contributed by atoms with van der Waals surface area (Å²) in [4.78, 5) is 17.8. The molecule has 1 aromatic heterocycles. The third kappa shape index (κ3) is 5.34. The number of rotatable bonds is 8. The average Bonchev–Trinajstić information content (AvgIpc) is 3.37. The lowest BCUT2D eigenvalue weighted by Crippen LogP contribution is -2.32. The molecule has 1 aliphatic carbocycles. The van der Waals surface area contributed by atoms with Gasteiger partial charge in [0.15, 0.2) is 11.5 Å². The van der Waals surface area contributed by atoms with Crippen molar-refractivity contribution in [1.29, 1.82) is 0 Å². The van der Waals surface area contributed by atoms with E-state index in [9.17, 15) is 9.18 Å². The van der Waals surface area contributed by atoms with Crippen LogP contribution in [0.1, 0.15) is 63.1 Å². The third-order valence-electron chi connectivity index (χ3n) is 6.86. The molecule has 1 N–H and O–H groups in total. The molecule has 5 rings (SSSR count). The highest BCUT2D eigenvalue weighted by Gasteiger charge is 2.36. The molecule has 2 heterocycles. The lowest BCUT2D eigenvalue weighted by Gasteiger charge is -2.30. The molecule has 10 heteroatoms. The predicted octanol–water partition coefficient (Wildman–Crippen LogP) is 6.21. The van der Waals surface area contributed by atoms with E-state index in [-0.39, 0.29) is 29.3 Å². The minimum absolute atomic E-state index is 0.0660. The first-order valence-electron chi connectivity index (χ1n) is 12.9. The van der Waals surface area contributed by atoms with Crippen molar-refractivity contribution in [2.24, 2.45) is 0 Å². The topological polar surface area (TPSA) is 87.5 Å². The van der Waals surface area contributed by atoms with Gasteiger partial charge in [-0.05, 0) is 69.4 Å². The number of hydrogen-bond donors (Lipinski definition) is 1. The fraction of sp³-hybridized carbons (Fsp3) is 0.393. The SMILES string of the molecule is CCOc1cc(C2C(C(=O)OC3CCCCC3)=C(C)Nc3ncnn32)ccc1OCc1c(F)cccc1Cl. The smallest absolute Gasteiger partial charge is 0.338 e. The largest absolute Gasteiger partial charge is 0.490 e. The highest BCUT2D eigenvalue weighted by molar-refractivity contribution is 6.31. The molecule has 200 valence electrons. The molecule has 0 amide bonds. The minimum Gasteiger partial charge on any atom is -0.490 e. The molecule has 1 fully saturated rings. The number of hydrogen-bond acceptors (Lipinski definition) is 7. The van der Waals surface area contributed by atoms with Crippen molar-refractivity contribution in [3.05, 3.63) is 76.0 Å². The van der Waals surface area contributed by atoms with Gasteiger partial charge in [0.1, 0.15) is 30.9 Å². The summed E-state index contributed by atoms with van der Waals surface area (Å²) in [7, 11) is 0. The first-order chi connectivity index (χ1) is 18.5. The van der Waals surface area contributed by atoms with Gasteiger partial charge in [-0.1, -0.05) is 30.2 Å². The van der Waals surface area contributed by atoms with Gasteiger partial charge in [0, 0.05) is 11.3 Å². The van der Waals surface area contributed by atoms with Crippen molar-refractivity contribution in [3.63, 3.8) is 0 Å². The van der Waals surface area contributed by atoms with Crippen molar-refractivity contribution < 1.29 is 23.4 Å². The number of anilines is 1. The first-order valence-corrected chi connectivity index (χ1v) is 13.2. The lowest BCUT2D eigenvalue weighted by atomic mass is 9.94. The van der Waals surface area contributed by atoms with E-state index in [2.05, 4.69) is 15.4 Å². The quantitative estimate of drug-likeness (QED) is 0.340. The molecule has 1 saturated carbocycles. The minimum atomic E-state index is -0.584. The maximum absolute atomic E-state index is 14.3. The molecule has 2 aromatic carbocycles. The Labute approximate surface area is 225 Å². The Bertz CT molecular complexity index is 1330. The van der Waals surface area contributed by atoms with Crippen LogP contribution in [-0.4, -0.2) is 33.4 Å². The second-order valence-corrected chi connectivity index (χ2v) is 9.80. The molecule has 0 spiro atoms. The third-order valence-corrected chi connectivity index (χ3v) is 7.21. The van der Waals surface area contributed by atoms with Crippen LogP contribution in [0.25, 0.3) is 0 Å². The Kier molecular flexibility index (Phi) is 7.83. The van der Waals surface area contributed by atoms with Gasteiger partial charge in [-0.2, -0.15) is 10.1 Å². The van der Waals surface area contributed by atoms with Crippen molar-refractivity contribution >= 4 is 23.5 Å². The maximum atomic E-state index is 14.3. The summed E-state index contributed by atoms with van der Waals surface area (Å²) in [6.07, 6.45) is 6.38. The van der Waals surface area contributed by atoms with Crippen molar-refractivity contribution in [2.75, 3.05) is 11.9 Å². The molecular formula is C28H30ClFN4O4. The summed E-state index contributed by atoms with van der Waals surface area (Å²) in [5.74, 6) is 0.585. The summed E-state index contributed by atoms with van der Waals surface area (Å²) >= 11 is 6.17. The van der Waals surface area contributed by atoms with E-state index in [1.807, 2.05) is 26.0 Å². The molecule has 0 bridgehead atoms. The number of carbonyl (C=O) groups excluding carboxylic acids is 1. The number of carbonyl (C=O) groups is 1. The Morgan fingerprint density at radius 1 is 1.16 bits per heavy atom. The number of aromatic nitrogens is 3. The summed E-state index contributed by atoms with van der Waals surface area (Å²) in [5, 5.41) is 7.85. The number of fused-ring (bicyclic) bond motifs is 1. The van der Waals surface area contributed by atoms with Crippen molar-refractivity contribution in [1.82, 2.24) is 14.8 Å². The molecule has 8 nitrogen and oxygen atoms in total. The van der Waals surface area contributed by atoms with E-state index in [0.717, 1.165) is 31.2 Å². The van der Waals surface area contributed by atoms with Crippen LogP contribution in [0.5, 0.6) is 11.5 Å². The highest BCUT2D eigenvalue weighted by Crippen LogP contribution is 2.40. The van der Waals surface area contributed by atoms with E-state index in [1.54, 1.807) is 22.9 Å². The zero-order chi connectivity index (χ0) is 26.6. The van der Waals surface area contributed by atoms with Gasteiger partial charge in [0.05, 0.1) is 17.2 Å². The molecule has 0 saturated heterocycles. The summed E-state index contributed by atoms with van der Waals surface area (Å²) in [6.45, 7) is 4.01. The Morgan fingerprint density at radius 3 is 2.74 bits per heavy atom. The second-order valence-electron chi connectivity index (χ2n) is 9.39. The van der Waals surface area contributed by atoms with Crippen LogP contribution in [0, 0.1) is 5.82 Å². The molecule has 1 atom stereocenters. The number of nitrogens with one attached hydrogen (secondary N) is 1. The number of benzene rings is 2. The number of esters is 1. The van der Waals surface area contributed by atoms with E-state index >= 15 is 0 Å². The fourth-order valence-corrected chi connectivity index (χ4v) is 5.18. The standard InChI is InChI=1S/C28H30ClFN4O4/c1-3-36-24-14-18(12-13-23(24)37-15-20-21(29)10-7-11-22(20)30)26-25(17(2)33-28-31-16-32-34(26)28)27(35)38-19-8-5-4-6-9-19/h7,10-14,16,19,26H,3-6,8-9,15H2,1-2H3,(H,31,32,33). The van der Waals surface area contributed by atoms with Crippen LogP contribution >= 0.6 is 11.6 Å². The number of halogens is 2. The summed E-state index contributed by atoms with van der Waals surface area (Å²) < 4.78 is 33.7. The van der Waals surface area contributed by atoms with E-state index in [4.69, 9.17) is 25.8 Å². The molecule has 1 unspecified atom stereocenters. The molecular weight excluding hydrogens is 511 g/mol. The monoisotopic (exact) mass is 540 g/mol. The molecule has 0 radical (unpaired) electrons. The zero-order valence-corrected chi connectivity index (χ0v) is 22.1. The number of allylic oxidation sites excluding steroid dienone is 1. The first kappa shape index (κ1) is 26.0. The van der Waals surface area contributed by atoms with Crippen LogP contribution in [0.3, 0.4) is 0 Å². The average molecular weight is 541 g/mol. The Morgan fingerprint density at radius 2 is 1.97 bits per heavy atom. The predicted molar refractivity (Wildman–Crippen MR) is 141 cm³/mol. The summed E-state index contributed by atoms with van der Waals surface area (Å²) in [5.41, 5.74) is 2.12. The molecule has 2 aliphatic rings. The van der Waals surface area contributed by atoms with Gasteiger partial charge >= 0.3 is 5.97 Å². The normalized spacial score (nSPS) is 17.5. The van der Waals surface area contributed by atoms with E-state index in [1.165, 1.54) is 18.8 Å². The van der Waals surface area contributed by atoms with E-state index in [0.29, 0.717) is 35.3 Å². The molecule has 1 aliphatic heterocycles. The second kappa shape index (κ2) is 11.4. The van der Waals surface area contributed by atoms with Gasteiger partial charge in [-0.25, -0.2) is 13.9 Å². The van der Waals surface area contributed by atoms with Crippen LogP contribution in [0.15, 0.2) is 54.0 Å². The van der Waals surface area contributed by atoms with Gasteiger partial charge in [0.25, 0.3) is 0 Å². The lowest BCUT2D eigenvalue weighted by molar-refractivity contribution is -0.146. The van der Waals surface area contributed by atoms with Gasteiger partial charge < -0.3 is 19.5 Å².